The molecule has 7 nitrogen and oxygen atoms in total. The molecule has 0 N–H and O–H groups in total. The molecule has 2 aromatic rings. The van der Waals surface area contributed by atoms with Gasteiger partial charge in [-0.2, -0.15) is 0 Å². The van der Waals surface area contributed by atoms with Crippen molar-refractivity contribution >= 4 is 29.4 Å². The average molecular weight is 539 g/mol. The first-order chi connectivity index (χ1) is 15.3. The number of carbonyl (C=O) groups excluding carboxylic acids is 2. The molecule has 0 fully saturated rings. The van der Waals surface area contributed by atoms with Crippen LogP contribution in [0.4, 0.5) is 0 Å². The molecule has 1 unspecified atom stereocenters. The number of rotatable bonds is 6. The second-order valence-corrected chi connectivity index (χ2v) is 8.60. The highest BCUT2D eigenvalue weighted by atomic mass is 79.9. The SMILES string of the molecule is COC(=O)C[N+]1(C)CCc2c(c(OC)c3c(c2C(=O)C=Cc2ccc(Cl)cc2)OCO3)C1.[Br-]. The molecule has 9 heteroatoms. The number of likely N-dealkylation sites (N-methyl/N-ethyl adjacent to an activating group) is 1. The average Bonchev–Trinajstić information content (AvgIpc) is 3.25. The lowest BCUT2D eigenvalue weighted by Gasteiger charge is -2.38. The van der Waals surface area contributed by atoms with Crippen LogP contribution >= 0.6 is 11.6 Å². The van der Waals surface area contributed by atoms with Crippen molar-refractivity contribution in [3.8, 4) is 17.2 Å². The third-order valence-electron chi connectivity index (χ3n) is 5.91. The predicted molar refractivity (Wildman–Crippen MR) is 119 cm³/mol. The van der Waals surface area contributed by atoms with E-state index >= 15 is 0 Å². The Balaban J connectivity index is 0.00000306. The molecule has 0 aliphatic carbocycles. The van der Waals surface area contributed by atoms with E-state index in [9.17, 15) is 9.59 Å². The van der Waals surface area contributed by atoms with Crippen molar-refractivity contribution in [1.82, 2.24) is 0 Å². The second-order valence-electron chi connectivity index (χ2n) is 8.16. The van der Waals surface area contributed by atoms with Gasteiger partial charge < -0.3 is 40.4 Å². The minimum atomic E-state index is -0.280. The smallest absolute Gasteiger partial charge is 0.361 e. The van der Waals surface area contributed by atoms with Crippen LogP contribution in [0.1, 0.15) is 27.0 Å². The van der Waals surface area contributed by atoms with Crippen LogP contribution < -0.4 is 31.2 Å². The number of halogens is 2. The molecule has 0 saturated carbocycles. The molecule has 2 heterocycles. The van der Waals surface area contributed by atoms with Crippen molar-refractivity contribution < 1.29 is 50.0 Å². The summed E-state index contributed by atoms with van der Waals surface area (Å²) in [5, 5.41) is 0.634. The molecule has 0 radical (unpaired) electrons. The summed E-state index contributed by atoms with van der Waals surface area (Å²) in [6.07, 6.45) is 3.87. The zero-order valence-corrected chi connectivity index (χ0v) is 21.0. The molecule has 4 rings (SSSR count). The zero-order chi connectivity index (χ0) is 22.9. The molecule has 2 aliphatic heterocycles. The first-order valence-corrected chi connectivity index (χ1v) is 10.6. The van der Waals surface area contributed by atoms with E-state index in [1.165, 1.54) is 13.2 Å². The number of allylic oxidation sites excluding steroid dienone is 1. The molecule has 2 aromatic carbocycles. The standard InChI is InChI=1S/C24H25ClNO6.BrH/c1-26(13-20(28)29-2)11-10-17-18(12-26)22(30-3)24-23(31-14-32-24)21(17)19(27)9-6-15-4-7-16(25)8-5-15;/h4-9H,10-14H2,1-3H3;1H/q+1;/p-1. The summed E-state index contributed by atoms with van der Waals surface area (Å²) in [4.78, 5) is 25.3. The van der Waals surface area contributed by atoms with Crippen molar-refractivity contribution in [2.45, 2.75) is 13.0 Å². The van der Waals surface area contributed by atoms with Crippen LogP contribution in [0.3, 0.4) is 0 Å². The van der Waals surface area contributed by atoms with Gasteiger partial charge in [0.15, 0.2) is 23.8 Å². The van der Waals surface area contributed by atoms with Crippen LogP contribution in [0.25, 0.3) is 6.08 Å². The summed E-state index contributed by atoms with van der Waals surface area (Å²) in [6.45, 7) is 1.43. The van der Waals surface area contributed by atoms with Crippen LogP contribution in [-0.4, -0.2) is 57.4 Å². The van der Waals surface area contributed by atoms with Gasteiger partial charge in [-0.15, -0.1) is 0 Å². The minimum Gasteiger partial charge on any atom is -1.00 e. The number of quaternary nitrogens is 1. The highest BCUT2D eigenvalue weighted by Crippen LogP contribution is 2.50. The molecular weight excluding hydrogens is 514 g/mol. The quantitative estimate of drug-likeness (QED) is 0.233. The third kappa shape index (κ3) is 5.03. The van der Waals surface area contributed by atoms with Gasteiger partial charge in [-0.05, 0) is 29.3 Å². The molecule has 0 amide bonds. The van der Waals surface area contributed by atoms with E-state index in [0.717, 1.165) is 16.7 Å². The number of carbonyl (C=O) groups is 2. The normalized spacial score (nSPS) is 18.4. The molecular formula is C24H25BrClNO6. The largest absolute Gasteiger partial charge is 1.00 e. The summed E-state index contributed by atoms with van der Waals surface area (Å²) >= 11 is 5.94. The third-order valence-corrected chi connectivity index (χ3v) is 6.17. The number of methoxy groups -OCH3 is 2. The Morgan fingerprint density at radius 3 is 2.48 bits per heavy atom. The number of fused-ring (bicyclic) bond motifs is 2. The Kier molecular flexibility index (Phi) is 7.72. The van der Waals surface area contributed by atoms with E-state index in [4.69, 9.17) is 30.5 Å². The van der Waals surface area contributed by atoms with Gasteiger partial charge in [0.25, 0.3) is 0 Å². The van der Waals surface area contributed by atoms with Gasteiger partial charge >= 0.3 is 5.97 Å². The van der Waals surface area contributed by atoms with Gasteiger partial charge in [-0.3, -0.25) is 4.79 Å². The molecule has 0 spiro atoms. The lowest BCUT2D eigenvalue weighted by molar-refractivity contribution is -0.917. The van der Waals surface area contributed by atoms with Crippen molar-refractivity contribution in [1.29, 1.82) is 0 Å². The number of benzene rings is 2. The first kappa shape index (κ1) is 25.1. The van der Waals surface area contributed by atoms with Gasteiger partial charge in [0, 0.05) is 11.4 Å². The monoisotopic (exact) mass is 537 g/mol. The Bertz CT molecular complexity index is 1100. The predicted octanol–water partition coefficient (Wildman–Crippen LogP) is 0.653. The maximum atomic E-state index is 13.3. The number of hydrogen-bond donors (Lipinski definition) is 0. The van der Waals surface area contributed by atoms with Crippen LogP contribution in [0.15, 0.2) is 30.3 Å². The van der Waals surface area contributed by atoms with E-state index in [-0.39, 0.29) is 42.1 Å². The molecule has 1 atom stereocenters. The van der Waals surface area contributed by atoms with Crippen LogP contribution in [0, 0.1) is 0 Å². The summed E-state index contributed by atoms with van der Waals surface area (Å²) < 4.78 is 22.4. The summed E-state index contributed by atoms with van der Waals surface area (Å²) in [5.74, 6) is 0.943. The molecule has 33 heavy (non-hydrogen) atoms. The highest BCUT2D eigenvalue weighted by Gasteiger charge is 2.40. The van der Waals surface area contributed by atoms with Gasteiger partial charge in [0.1, 0.15) is 6.54 Å². The van der Waals surface area contributed by atoms with Gasteiger partial charge in [-0.25, -0.2) is 4.79 Å². The van der Waals surface area contributed by atoms with E-state index < -0.39 is 0 Å². The van der Waals surface area contributed by atoms with Crippen molar-refractivity contribution in [3.63, 3.8) is 0 Å². The van der Waals surface area contributed by atoms with Crippen molar-refractivity contribution in [3.05, 3.63) is 57.6 Å². The zero-order valence-electron chi connectivity index (χ0n) is 18.7. The van der Waals surface area contributed by atoms with Crippen LogP contribution in [-0.2, 0) is 22.5 Å². The van der Waals surface area contributed by atoms with Crippen LogP contribution in [0.5, 0.6) is 17.2 Å². The Labute approximate surface area is 208 Å². The number of ether oxygens (including phenoxy) is 4. The highest BCUT2D eigenvalue weighted by molar-refractivity contribution is 6.30. The van der Waals surface area contributed by atoms with E-state index in [2.05, 4.69) is 0 Å². The lowest BCUT2D eigenvalue weighted by Crippen LogP contribution is -3.00. The minimum absolute atomic E-state index is 0. The summed E-state index contributed by atoms with van der Waals surface area (Å²) in [7, 11) is 4.94. The number of nitrogens with zero attached hydrogens (tertiary/aromatic N) is 1. The van der Waals surface area contributed by atoms with E-state index in [1.807, 2.05) is 19.2 Å². The number of hydrogen-bond acceptors (Lipinski definition) is 6. The molecule has 0 aromatic heterocycles. The molecule has 176 valence electrons. The molecule has 2 aliphatic rings. The Hall–Kier alpha value is -2.55. The fourth-order valence-corrected chi connectivity index (χ4v) is 4.42. The summed E-state index contributed by atoms with van der Waals surface area (Å²) in [6, 6.07) is 7.23. The van der Waals surface area contributed by atoms with Crippen LogP contribution in [0.2, 0.25) is 5.02 Å². The fourth-order valence-electron chi connectivity index (χ4n) is 4.30. The Morgan fingerprint density at radius 2 is 1.82 bits per heavy atom. The molecule has 0 bridgehead atoms. The number of ketones is 1. The molecule has 0 saturated heterocycles. The first-order valence-electron chi connectivity index (χ1n) is 10.2. The maximum Gasteiger partial charge on any atom is 0.361 e. The number of esters is 1. The van der Waals surface area contributed by atoms with E-state index in [1.54, 1.807) is 25.3 Å². The summed E-state index contributed by atoms with van der Waals surface area (Å²) in [5.41, 5.74) is 3.08. The van der Waals surface area contributed by atoms with E-state index in [0.29, 0.717) is 51.8 Å². The fraction of sp³-hybridized carbons (Fsp3) is 0.333. The Morgan fingerprint density at radius 1 is 1.12 bits per heavy atom. The second kappa shape index (κ2) is 10.2. The lowest BCUT2D eigenvalue weighted by atomic mass is 9.89. The van der Waals surface area contributed by atoms with Crippen molar-refractivity contribution in [2.75, 3.05) is 41.1 Å². The van der Waals surface area contributed by atoms with Gasteiger partial charge in [0.05, 0.1) is 38.9 Å². The van der Waals surface area contributed by atoms with Gasteiger partial charge in [0.2, 0.25) is 12.5 Å². The van der Waals surface area contributed by atoms with Gasteiger partial charge in [-0.1, -0.05) is 29.8 Å². The van der Waals surface area contributed by atoms with Crippen molar-refractivity contribution in [2.24, 2.45) is 0 Å². The maximum absolute atomic E-state index is 13.3. The topological polar surface area (TPSA) is 71.1 Å².